The summed E-state index contributed by atoms with van der Waals surface area (Å²) in [6.07, 6.45) is 3.70. The van der Waals surface area contributed by atoms with Gasteiger partial charge >= 0.3 is 0 Å². The molecule has 0 aliphatic rings. The molecule has 2 amide bonds. The lowest BCUT2D eigenvalue weighted by atomic mass is 10.1. The molecule has 4 aromatic carbocycles. The summed E-state index contributed by atoms with van der Waals surface area (Å²) in [6.45, 7) is 2.43. The van der Waals surface area contributed by atoms with Crippen LogP contribution in [0.1, 0.15) is 35.2 Å². The van der Waals surface area contributed by atoms with E-state index in [1.54, 1.807) is 11.0 Å². The number of amides is 2. The molecule has 1 N–H and O–H groups in total. The molecule has 0 heterocycles. The van der Waals surface area contributed by atoms with Crippen LogP contribution in [0.5, 0.6) is 0 Å². The molecule has 0 fully saturated rings. The summed E-state index contributed by atoms with van der Waals surface area (Å²) in [7, 11) is 0. The second kappa shape index (κ2) is 12.3. The van der Waals surface area contributed by atoms with Gasteiger partial charge in [0.05, 0.1) is 19.0 Å². The lowest BCUT2D eigenvalue weighted by molar-refractivity contribution is -0.121. The average molecular weight is 475 g/mol. The van der Waals surface area contributed by atoms with Crippen molar-refractivity contribution in [1.82, 2.24) is 5.32 Å². The van der Waals surface area contributed by atoms with E-state index in [1.165, 1.54) is 0 Å². The molecular formula is C32H30N2O2. The second-order valence-corrected chi connectivity index (χ2v) is 8.70. The van der Waals surface area contributed by atoms with Crippen LogP contribution in [0, 0.1) is 0 Å². The Morgan fingerprint density at radius 1 is 0.750 bits per heavy atom. The van der Waals surface area contributed by atoms with E-state index >= 15 is 0 Å². The Hall–Kier alpha value is -4.44. The lowest BCUT2D eigenvalue weighted by Gasteiger charge is -2.22. The lowest BCUT2D eigenvalue weighted by Crippen LogP contribution is -2.29. The predicted molar refractivity (Wildman–Crippen MR) is 146 cm³/mol. The van der Waals surface area contributed by atoms with Crippen LogP contribution in [0.2, 0.25) is 0 Å². The molecule has 0 spiro atoms. The Labute approximate surface area is 212 Å². The van der Waals surface area contributed by atoms with E-state index in [-0.39, 0.29) is 24.3 Å². The molecule has 0 aliphatic carbocycles. The maximum absolute atomic E-state index is 13.2. The van der Waals surface area contributed by atoms with Crippen molar-refractivity contribution in [3.05, 3.63) is 144 Å². The van der Waals surface area contributed by atoms with E-state index in [2.05, 4.69) is 5.32 Å². The number of carbonyl (C=O) groups is 2. The largest absolute Gasteiger partial charge is 0.349 e. The Balaban J connectivity index is 1.46. The Bertz CT molecular complexity index is 1280. The summed E-state index contributed by atoms with van der Waals surface area (Å²) in [4.78, 5) is 27.6. The summed E-state index contributed by atoms with van der Waals surface area (Å²) in [5, 5.41) is 3.05. The first-order valence-electron chi connectivity index (χ1n) is 12.1. The third-order valence-electron chi connectivity index (χ3n) is 5.96. The number of hydrogen-bond donors (Lipinski definition) is 1. The fraction of sp³-hybridized carbons (Fsp3) is 0.125. The normalized spacial score (nSPS) is 11.7. The molecule has 4 nitrogen and oxygen atoms in total. The topological polar surface area (TPSA) is 49.4 Å². The van der Waals surface area contributed by atoms with Gasteiger partial charge in [0.2, 0.25) is 5.91 Å². The van der Waals surface area contributed by atoms with E-state index in [1.807, 2.05) is 128 Å². The molecule has 4 rings (SSSR count). The molecule has 0 saturated carbocycles. The van der Waals surface area contributed by atoms with E-state index in [9.17, 15) is 9.59 Å². The van der Waals surface area contributed by atoms with Crippen LogP contribution in [-0.4, -0.2) is 11.8 Å². The fourth-order valence-corrected chi connectivity index (χ4v) is 3.98. The molecule has 0 saturated heterocycles. The van der Waals surface area contributed by atoms with E-state index in [0.717, 1.165) is 27.9 Å². The van der Waals surface area contributed by atoms with Crippen LogP contribution >= 0.6 is 0 Å². The molecule has 0 bridgehead atoms. The van der Waals surface area contributed by atoms with Gasteiger partial charge in [-0.2, -0.15) is 0 Å². The summed E-state index contributed by atoms with van der Waals surface area (Å²) < 4.78 is 0. The first-order valence-corrected chi connectivity index (χ1v) is 12.1. The molecule has 1 atom stereocenters. The van der Waals surface area contributed by atoms with Crippen LogP contribution in [0.3, 0.4) is 0 Å². The first kappa shape index (κ1) is 24.7. The van der Waals surface area contributed by atoms with Crippen LogP contribution < -0.4 is 10.2 Å². The van der Waals surface area contributed by atoms with E-state index in [0.29, 0.717) is 6.54 Å². The monoisotopic (exact) mass is 474 g/mol. The summed E-state index contributed by atoms with van der Waals surface area (Å²) in [5.41, 5.74) is 4.75. The van der Waals surface area contributed by atoms with Crippen molar-refractivity contribution < 1.29 is 9.59 Å². The van der Waals surface area contributed by atoms with Gasteiger partial charge in [0.15, 0.2) is 0 Å². The number of carbonyl (C=O) groups excluding carboxylic acids is 2. The van der Waals surface area contributed by atoms with Crippen LogP contribution in [-0.2, 0) is 22.6 Å². The maximum atomic E-state index is 13.2. The van der Waals surface area contributed by atoms with Gasteiger partial charge in [0.1, 0.15) is 0 Å². The first-order chi connectivity index (χ1) is 17.6. The standard InChI is InChI=1S/C32H30N2O2/c1-25(29-15-9-4-10-16-29)33-31(35)23-27-17-20-30(21-18-27)34(24-28-13-7-3-8-14-28)32(36)22-19-26-11-5-2-6-12-26/h2-22,25H,23-24H2,1H3,(H,33,35)/b22-19+/t25-/m0/s1. The molecular weight excluding hydrogens is 444 g/mol. The summed E-state index contributed by atoms with van der Waals surface area (Å²) in [5.74, 6) is -0.146. The summed E-state index contributed by atoms with van der Waals surface area (Å²) >= 11 is 0. The number of rotatable bonds is 9. The Morgan fingerprint density at radius 3 is 1.97 bits per heavy atom. The molecule has 0 aliphatic heterocycles. The minimum absolute atomic E-state index is 0.0397. The van der Waals surface area contributed by atoms with Gasteiger partial charge in [0.25, 0.3) is 5.91 Å². The Kier molecular flexibility index (Phi) is 8.44. The van der Waals surface area contributed by atoms with E-state index in [4.69, 9.17) is 0 Å². The third kappa shape index (κ3) is 7.03. The number of anilines is 1. The second-order valence-electron chi connectivity index (χ2n) is 8.70. The predicted octanol–water partition coefficient (Wildman–Crippen LogP) is 6.35. The van der Waals surface area contributed by atoms with Gasteiger partial charge in [-0.15, -0.1) is 0 Å². The van der Waals surface area contributed by atoms with Crippen LogP contribution in [0.15, 0.2) is 121 Å². The SMILES string of the molecule is C[C@H](NC(=O)Cc1ccc(N(Cc2ccccc2)C(=O)/C=C/c2ccccc2)cc1)c1ccccc1. The van der Waals surface area contributed by atoms with Crippen molar-refractivity contribution in [1.29, 1.82) is 0 Å². The summed E-state index contributed by atoms with van der Waals surface area (Å²) in [6, 6.07) is 37.1. The number of hydrogen-bond acceptors (Lipinski definition) is 2. The molecule has 0 aromatic heterocycles. The quantitative estimate of drug-likeness (QED) is 0.287. The zero-order valence-electron chi connectivity index (χ0n) is 20.4. The van der Waals surface area contributed by atoms with Crippen molar-refractivity contribution >= 4 is 23.6 Å². The fourth-order valence-electron chi connectivity index (χ4n) is 3.98. The van der Waals surface area contributed by atoms with Crippen LogP contribution in [0.25, 0.3) is 6.08 Å². The highest BCUT2D eigenvalue weighted by molar-refractivity contribution is 6.03. The van der Waals surface area contributed by atoms with Gasteiger partial charge in [0, 0.05) is 11.8 Å². The minimum atomic E-state index is -0.107. The van der Waals surface area contributed by atoms with Crippen molar-refractivity contribution in [2.75, 3.05) is 4.90 Å². The third-order valence-corrected chi connectivity index (χ3v) is 5.96. The smallest absolute Gasteiger partial charge is 0.251 e. The van der Waals surface area contributed by atoms with Crippen molar-refractivity contribution in [3.63, 3.8) is 0 Å². The van der Waals surface area contributed by atoms with Crippen molar-refractivity contribution in [2.45, 2.75) is 25.9 Å². The average Bonchev–Trinajstić information content (AvgIpc) is 2.92. The number of benzene rings is 4. The molecule has 4 aromatic rings. The highest BCUT2D eigenvalue weighted by Crippen LogP contribution is 2.20. The molecule has 0 radical (unpaired) electrons. The zero-order valence-corrected chi connectivity index (χ0v) is 20.4. The van der Waals surface area contributed by atoms with Gasteiger partial charge in [-0.1, -0.05) is 103 Å². The number of nitrogens with one attached hydrogen (secondary N) is 1. The van der Waals surface area contributed by atoms with Crippen LogP contribution in [0.4, 0.5) is 5.69 Å². The molecule has 4 heteroatoms. The van der Waals surface area contributed by atoms with Gasteiger partial charge in [-0.25, -0.2) is 0 Å². The molecule has 180 valence electrons. The van der Waals surface area contributed by atoms with Gasteiger partial charge < -0.3 is 10.2 Å². The zero-order chi connectivity index (χ0) is 25.2. The minimum Gasteiger partial charge on any atom is -0.349 e. The molecule has 0 unspecified atom stereocenters. The number of nitrogens with zero attached hydrogens (tertiary/aromatic N) is 1. The highest BCUT2D eigenvalue weighted by Gasteiger charge is 2.15. The van der Waals surface area contributed by atoms with Crippen molar-refractivity contribution in [2.24, 2.45) is 0 Å². The van der Waals surface area contributed by atoms with Crippen molar-refractivity contribution in [3.8, 4) is 0 Å². The highest BCUT2D eigenvalue weighted by atomic mass is 16.2. The maximum Gasteiger partial charge on any atom is 0.251 e. The van der Waals surface area contributed by atoms with E-state index < -0.39 is 0 Å². The Morgan fingerprint density at radius 2 is 1.33 bits per heavy atom. The van der Waals surface area contributed by atoms with Gasteiger partial charge in [-0.3, -0.25) is 9.59 Å². The van der Waals surface area contributed by atoms with Gasteiger partial charge in [-0.05, 0) is 47.4 Å². The molecule has 36 heavy (non-hydrogen) atoms.